The molecule has 4 nitrogen and oxygen atoms in total. The molecule has 0 aliphatic heterocycles. The number of aromatic carboxylic acids is 1. The molecule has 2 rings (SSSR count). The first-order valence-electron chi connectivity index (χ1n) is 4.23. The highest BCUT2D eigenvalue weighted by Gasteiger charge is 2.13. The van der Waals surface area contributed by atoms with Crippen LogP contribution in [0, 0.1) is 11.6 Å². The highest BCUT2D eigenvalue weighted by Crippen LogP contribution is 2.22. The van der Waals surface area contributed by atoms with E-state index < -0.39 is 17.6 Å². The Morgan fingerprint density at radius 3 is 2.31 bits per heavy atom. The third-order valence-corrected chi connectivity index (χ3v) is 1.88. The molecular weight excluding hydrogens is 220 g/mol. The number of benzene rings is 1. The van der Waals surface area contributed by atoms with Crippen LogP contribution in [0.2, 0.25) is 0 Å². The maximum atomic E-state index is 12.9. The molecule has 6 heteroatoms. The molecule has 0 atom stereocenters. The van der Waals surface area contributed by atoms with Gasteiger partial charge < -0.3 is 9.63 Å². The lowest BCUT2D eigenvalue weighted by molar-refractivity contribution is 0.0686. The van der Waals surface area contributed by atoms with Gasteiger partial charge in [0, 0.05) is 17.7 Å². The van der Waals surface area contributed by atoms with E-state index in [2.05, 4.69) is 9.68 Å². The Morgan fingerprint density at radius 1 is 1.19 bits per heavy atom. The summed E-state index contributed by atoms with van der Waals surface area (Å²) < 4.78 is 30.4. The van der Waals surface area contributed by atoms with Crippen molar-refractivity contribution in [3.05, 3.63) is 41.6 Å². The Bertz CT molecular complexity index is 530. The van der Waals surface area contributed by atoms with Crippen LogP contribution in [-0.2, 0) is 0 Å². The van der Waals surface area contributed by atoms with Gasteiger partial charge in [0.2, 0.25) is 0 Å². The fourth-order valence-electron chi connectivity index (χ4n) is 1.21. The molecule has 1 heterocycles. The van der Waals surface area contributed by atoms with E-state index >= 15 is 0 Å². The molecular formula is C10H5F2NO3. The number of nitrogens with zero attached hydrogens (tertiary/aromatic N) is 1. The zero-order valence-electron chi connectivity index (χ0n) is 7.78. The second-order valence-corrected chi connectivity index (χ2v) is 3.04. The van der Waals surface area contributed by atoms with E-state index in [1.54, 1.807) is 0 Å². The number of hydrogen-bond donors (Lipinski definition) is 1. The van der Waals surface area contributed by atoms with E-state index in [-0.39, 0.29) is 17.0 Å². The van der Waals surface area contributed by atoms with Gasteiger partial charge in [0.15, 0.2) is 11.5 Å². The molecule has 0 saturated heterocycles. The third kappa shape index (κ3) is 1.90. The fourth-order valence-corrected chi connectivity index (χ4v) is 1.21. The molecule has 1 aromatic carbocycles. The molecule has 0 unspecified atom stereocenters. The van der Waals surface area contributed by atoms with Gasteiger partial charge in [-0.15, -0.1) is 0 Å². The summed E-state index contributed by atoms with van der Waals surface area (Å²) in [6, 6.07) is 3.85. The van der Waals surface area contributed by atoms with Gasteiger partial charge in [-0.1, -0.05) is 5.16 Å². The number of carboxylic acids is 1. The highest BCUT2D eigenvalue weighted by atomic mass is 19.1. The van der Waals surface area contributed by atoms with Gasteiger partial charge >= 0.3 is 5.97 Å². The summed E-state index contributed by atoms with van der Waals surface area (Å²) in [5.74, 6) is -2.82. The molecule has 1 N–H and O–H groups in total. The van der Waals surface area contributed by atoms with E-state index in [1.165, 1.54) is 0 Å². The molecule has 0 aliphatic rings. The monoisotopic (exact) mass is 225 g/mol. The van der Waals surface area contributed by atoms with Crippen molar-refractivity contribution in [2.45, 2.75) is 0 Å². The van der Waals surface area contributed by atoms with Crippen LogP contribution in [-0.4, -0.2) is 16.2 Å². The quantitative estimate of drug-likeness (QED) is 0.851. The first-order chi connectivity index (χ1) is 7.56. The first-order valence-corrected chi connectivity index (χ1v) is 4.23. The maximum absolute atomic E-state index is 12.9. The fraction of sp³-hybridized carbons (Fsp3) is 0. The summed E-state index contributed by atoms with van der Waals surface area (Å²) in [5.41, 5.74) is -0.225. The molecule has 1 aromatic heterocycles. The van der Waals surface area contributed by atoms with Crippen molar-refractivity contribution in [2.75, 3.05) is 0 Å². The number of carbonyl (C=O) groups is 1. The van der Waals surface area contributed by atoms with Gasteiger partial charge in [0.1, 0.15) is 11.6 Å². The molecule has 16 heavy (non-hydrogen) atoms. The Labute approximate surface area is 88.1 Å². The summed E-state index contributed by atoms with van der Waals surface area (Å²) >= 11 is 0. The first kappa shape index (κ1) is 10.3. The minimum Gasteiger partial charge on any atom is -0.476 e. The van der Waals surface area contributed by atoms with Gasteiger partial charge in [0.25, 0.3) is 0 Å². The molecule has 0 radical (unpaired) electrons. The molecule has 0 bridgehead atoms. The predicted octanol–water partition coefficient (Wildman–Crippen LogP) is 2.32. The van der Waals surface area contributed by atoms with Crippen molar-refractivity contribution in [1.82, 2.24) is 5.16 Å². The predicted molar refractivity (Wildman–Crippen MR) is 48.8 cm³/mol. The second kappa shape index (κ2) is 3.73. The van der Waals surface area contributed by atoms with E-state index in [4.69, 9.17) is 5.11 Å². The van der Waals surface area contributed by atoms with Crippen LogP contribution in [0.5, 0.6) is 0 Å². The average molecular weight is 225 g/mol. The molecule has 0 aliphatic carbocycles. The zero-order chi connectivity index (χ0) is 11.7. The van der Waals surface area contributed by atoms with Crippen LogP contribution in [0.1, 0.15) is 10.5 Å². The molecule has 0 spiro atoms. The van der Waals surface area contributed by atoms with Crippen molar-refractivity contribution < 1.29 is 23.2 Å². The lowest BCUT2D eigenvalue weighted by Crippen LogP contribution is -1.94. The molecule has 0 saturated carbocycles. The van der Waals surface area contributed by atoms with Gasteiger partial charge in [-0.25, -0.2) is 13.6 Å². The second-order valence-electron chi connectivity index (χ2n) is 3.04. The van der Waals surface area contributed by atoms with Gasteiger partial charge in [-0.2, -0.15) is 0 Å². The zero-order valence-corrected chi connectivity index (χ0v) is 7.78. The van der Waals surface area contributed by atoms with E-state index in [0.29, 0.717) is 6.07 Å². The van der Waals surface area contributed by atoms with E-state index in [0.717, 1.165) is 18.2 Å². The molecule has 82 valence electrons. The molecule has 0 amide bonds. The van der Waals surface area contributed by atoms with Crippen LogP contribution in [0.4, 0.5) is 8.78 Å². The Hall–Kier alpha value is -2.24. The van der Waals surface area contributed by atoms with Crippen molar-refractivity contribution in [3.8, 4) is 11.3 Å². The molecule has 2 aromatic rings. The Kier molecular flexibility index (Phi) is 2.40. The summed E-state index contributed by atoms with van der Waals surface area (Å²) in [6.07, 6.45) is 0. The summed E-state index contributed by atoms with van der Waals surface area (Å²) in [4.78, 5) is 10.5. The number of halogens is 2. The molecule has 0 fully saturated rings. The standard InChI is InChI=1S/C10H5F2NO3/c11-6-1-5(2-7(12)3-6)9-4-8(10(14)15)13-16-9/h1-4H,(H,14,15). The van der Waals surface area contributed by atoms with E-state index in [1.807, 2.05) is 0 Å². The minimum atomic E-state index is -1.27. The normalized spacial score (nSPS) is 10.4. The highest BCUT2D eigenvalue weighted by molar-refractivity contribution is 5.86. The van der Waals surface area contributed by atoms with Gasteiger partial charge in [-0.05, 0) is 12.1 Å². The SMILES string of the molecule is O=C(O)c1cc(-c2cc(F)cc(F)c2)on1. The number of rotatable bonds is 2. The van der Waals surface area contributed by atoms with Crippen LogP contribution >= 0.6 is 0 Å². The Morgan fingerprint density at radius 2 is 1.81 bits per heavy atom. The summed E-state index contributed by atoms with van der Waals surface area (Å²) in [7, 11) is 0. The lowest BCUT2D eigenvalue weighted by atomic mass is 10.1. The van der Waals surface area contributed by atoms with E-state index in [9.17, 15) is 13.6 Å². The summed E-state index contributed by atoms with van der Waals surface area (Å²) in [6.45, 7) is 0. The number of hydrogen-bond acceptors (Lipinski definition) is 3. The average Bonchev–Trinajstić information content (AvgIpc) is 2.64. The van der Waals surface area contributed by atoms with Gasteiger partial charge in [-0.3, -0.25) is 0 Å². The lowest BCUT2D eigenvalue weighted by Gasteiger charge is -1.95. The maximum Gasteiger partial charge on any atom is 0.358 e. The van der Waals surface area contributed by atoms with Crippen molar-refractivity contribution >= 4 is 5.97 Å². The topological polar surface area (TPSA) is 63.3 Å². The Balaban J connectivity index is 2.46. The van der Waals surface area contributed by atoms with Crippen molar-refractivity contribution in [3.63, 3.8) is 0 Å². The largest absolute Gasteiger partial charge is 0.476 e. The minimum absolute atomic E-state index is 0.00389. The van der Waals surface area contributed by atoms with Crippen LogP contribution < -0.4 is 0 Å². The number of carboxylic acid groups (broad SMARTS) is 1. The summed E-state index contributed by atoms with van der Waals surface area (Å²) in [5, 5.41) is 11.8. The van der Waals surface area contributed by atoms with Crippen molar-refractivity contribution in [1.29, 1.82) is 0 Å². The van der Waals surface area contributed by atoms with Gasteiger partial charge in [0.05, 0.1) is 0 Å². The van der Waals surface area contributed by atoms with Crippen LogP contribution in [0.3, 0.4) is 0 Å². The third-order valence-electron chi connectivity index (χ3n) is 1.88. The van der Waals surface area contributed by atoms with Crippen molar-refractivity contribution in [2.24, 2.45) is 0 Å². The smallest absolute Gasteiger partial charge is 0.358 e. The van der Waals surface area contributed by atoms with Crippen LogP contribution in [0.15, 0.2) is 28.8 Å². The number of aromatic nitrogens is 1. The van der Waals surface area contributed by atoms with Crippen LogP contribution in [0.25, 0.3) is 11.3 Å².